The molecule has 0 bridgehead atoms. The number of likely N-dealkylation sites (tertiary alicyclic amines) is 1. The summed E-state index contributed by atoms with van der Waals surface area (Å²) in [7, 11) is 0. The summed E-state index contributed by atoms with van der Waals surface area (Å²) in [6, 6.07) is 1.60. The van der Waals surface area contributed by atoms with Crippen LogP contribution in [-0.4, -0.2) is 28.9 Å². The largest absolute Gasteiger partial charge is 0.397 e. The Hall–Kier alpha value is -1.29. The first-order chi connectivity index (χ1) is 8.89. The van der Waals surface area contributed by atoms with Gasteiger partial charge in [0.25, 0.3) is 5.91 Å². The molecule has 2 heterocycles. The summed E-state index contributed by atoms with van der Waals surface area (Å²) in [5.41, 5.74) is 6.84. The second-order valence-corrected chi connectivity index (χ2v) is 6.28. The minimum absolute atomic E-state index is 0.0671. The molecule has 0 radical (unpaired) electrons. The molecule has 0 saturated carbocycles. The number of carbonyl (C=O) groups is 1. The molecule has 1 fully saturated rings. The van der Waals surface area contributed by atoms with Gasteiger partial charge in [0.05, 0.1) is 17.4 Å². The van der Waals surface area contributed by atoms with Crippen LogP contribution in [0.25, 0.3) is 0 Å². The van der Waals surface area contributed by atoms with Gasteiger partial charge in [-0.3, -0.25) is 4.79 Å². The van der Waals surface area contributed by atoms with Crippen molar-refractivity contribution in [1.82, 2.24) is 9.88 Å². The van der Waals surface area contributed by atoms with Gasteiger partial charge in [0, 0.05) is 13.1 Å². The fourth-order valence-electron chi connectivity index (χ4n) is 2.41. The monoisotopic (exact) mass is 281 g/mol. The first kappa shape index (κ1) is 14.1. The van der Waals surface area contributed by atoms with E-state index in [1.165, 1.54) is 6.20 Å². The summed E-state index contributed by atoms with van der Waals surface area (Å²) in [6.07, 6.45) is 4.63. The van der Waals surface area contributed by atoms with E-state index in [1.807, 2.05) is 4.90 Å². The number of amides is 1. The molecule has 0 aliphatic carbocycles. The Morgan fingerprint density at radius 3 is 2.89 bits per heavy atom. The van der Waals surface area contributed by atoms with Gasteiger partial charge in [-0.2, -0.15) is 0 Å². The normalized spacial score (nSPS) is 19.0. The van der Waals surface area contributed by atoms with Gasteiger partial charge in [0.15, 0.2) is 0 Å². The summed E-state index contributed by atoms with van der Waals surface area (Å²) < 4.78 is 0. The molecule has 1 aliphatic rings. The first-order valence-corrected chi connectivity index (χ1v) is 6.97. The van der Waals surface area contributed by atoms with Crippen molar-refractivity contribution >= 4 is 23.2 Å². The van der Waals surface area contributed by atoms with Crippen LogP contribution >= 0.6 is 11.6 Å². The lowest BCUT2D eigenvalue weighted by molar-refractivity contribution is 0.0757. The summed E-state index contributed by atoms with van der Waals surface area (Å²) in [5, 5.41) is 0.225. The topological polar surface area (TPSA) is 59.2 Å². The van der Waals surface area contributed by atoms with E-state index < -0.39 is 0 Å². The fourth-order valence-corrected chi connectivity index (χ4v) is 2.59. The van der Waals surface area contributed by atoms with Gasteiger partial charge >= 0.3 is 0 Å². The highest BCUT2D eigenvalue weighted by atomic mass is 35.5. The number of aromatic nitrogens is 1. The third kappa shape index (κ3) is 3.38. The predicted molar refractivity (Wildman–Crippen MR) is 77.2 cm³/mol. The number of anilines is 1. The van der Waals surface area contributed by atoms with Gasteiger partial charge < -0.3 is 10.6 Å². The van der Waals surface area contributed by atoms with Crippen LogP contribution in [0.15, 0.2) is 12.3 Å². The van der Waals surface area contributed by atoms with E-state index in [4.69, 9.17) is 17.3 Å². The van der Waals surface area contributed by atoms with Crippen LogP contribution in [0.2, 0.25) is 5.15 Å². The number of nitrogen functional groups attached to an aromatic ring is 1. The maximum absolute atomic E-state index is 12.5. The molecule has 0 aromatic carbocycles. The minimum Gasteiger partial charge on any atom is -0.397 e. The van der Waals surface area contributed by atoms with E-state index in [9.17, 15) is 4.79 Å². The van der Waals surface area contributed by atoms with Gasteiger partial charge in [-0.05, 0) is 30.7 Å². The van der Waals surface area contributed by atoms with Crippen LogP contribution in [0.1, 0.15) is 43.5 Å². The van der Waals surface area contributed by atoms with Crippen molar-refractivity contribution in [2.45, 2.75) is 33.1 Å². The van der Waals surface area contributed by atoms with Crippen molar-refractivity contribution < 1.29 is 4.79 Å². The second-order valence-electron chi connectivity index (χ2n) is 5.92. The highest BCUT2D eigenvalue weighted by molar-refractivity contribution is 6.32. The van der Waals surface area contributed by atoms with Crippen LogP contribution in [0.5, 0.6) is 0 Å². The zero-order valence-corrected chi connectivity index (χ0v) is 12.2. The average molecular weight is 282 g/mol. The quantitative estimate of drug-likeness (QED) is 0.805. The lowest BCUT2D eigenvalue weighted by Gasteiger charge is -2.23. The molecular weight excluding hydrogens is 262 g/mol. The van der Waals surface area contributed by atoms with Crippen molar-refractivity contribution in [2.75, 3.05) is 18.8 Å². The highest BCUT2D eigenvalue weighted by Crippen LogP contribution is 2.30. The number of nitrogens with two attached hydrogens (primary N) is 1. The van der Waals surface area contributed by atoms with E-state index in [-0.39, 0.29) is 11.1 Å². The van der Waals surface area contributed by atoms with E-state index in [0.717, 1.165) is 32.4 Å². The maximum Gasteiger partial charge on any atom is 0.257 e. The number of nitrogens with zero attached hydrogens (tertiary/aromatic N) is 2. The molecule has 2 rings (SSSR count). The van der Waals surface area contributed by atoms with E-state index in [1.54, 1.807) is 6.07 Å². The molecule has 1 amide bonds. The van der Waals surface area contributed by atoms with Gasteiger partial charge in [-0.25, -0.2) is 4.98 Å². The predicted octanol–water partition coefficient (Wildman–Crippen LogP) is 2.97. The number of pyridine rings is 1. The highest BCUT2D eigenvalue weighted by Gasteiger charge is 2.27. The Bertz CT molecular complexity index is 488. The third-order valence-corrected chi connectivity index (χ3v) is 4.02. The number of rotatable bonds is 1. The van der Waals surface area contributed by atoms with E-state index >= 15 is 0 Å². The summed E-state index contributed by atoms with van der Waals surface area (Å²) in [5.74, 6) is -0.0671. The lowest BCUT2D eigenvalue weighted by atomic mass is 9.85. The molecule has 104 valence electrons. The molecule has 1 aliphatic heterocycles. The molecular formula is C14H20ClN3O. The molecule has 2 N–H and O–H groups in total. The summed E-state index contributed by atoms with van der Waals surface area (Å²) >= 11 is 5.99. The lowest BCUT2D eigenvalue weighted by Crippen LogP contribution is -2.32. The van der Waals surface area contributed by atoms with Crippen molar-refractivity contribution in [2.24, 2.45) is 5.41 Å². The smallest absolute Gasteiger partial charge is 0.257 e. The average Bonchev–Trinajstić information content (AvgIpc) is 2.52. The molecule has 0 unspecified atom stereocenters. The third-order valence-electron chi connectivity index (χ3n) is 3.72. The van der Waals surface area contributed by atoms with Gasteiger partial charge in [-0.1, -0.05) is 25.4 Å². The zero-order valence-electron chi connectivity index (χ0n) is 11.4. The minimum atomic E-state index is -0.0671. The number of hydrogen-bond donors (Lipinski definition) is 1. The number of hydrogen-bond acceptors (Lipinski definition) is 3. The van der Waals surface area contributed by atoms with Gasteiger partial charge in [0.2, 0.25) is 0 Å². The van der Waals surface area contributed by atoms with Crippen LogP contribution in [0, 0.1) is 5.41 Å². The van der Waals surface area contributed by atoms with Gasteiger partial charge in [0.1, 0.15) is 5.15 Å². The van der Waals surface area contributed by atoms with Gasteiger partial charge in [-0.15, -0.1) is 0 Å². The van der Waals surface area contributed by atoms with E-state index in [0.29, 0.717) is 16.7 Å². The SMILES string of the molecule is CC1(C)CCCN(C(=O)c2cc(N)cnc2Cl)CC1. The standard InChI is InChI=1S/C14H20ClN3O/c1-14(2)4-3-6-18(7-5-14)13(19)11-8-10(16)9-17-12(11)15/h8-9H,3-7,16H2,1-2H3. The van der Waals surface area contributed by atoms with Crippen molar-refractivity contribution in [3.63, 3.8) is 0 Å². The van der Waals surface area contributed by atoms with Crippen LogP contribution in [0.4, 0.5) is 5.69 Å². The van der Waals surface area contributed by atoms with Crippen molar-refractivity contribution in [1.29, 1.82) is 0 Å². The number of halogens is 1. The molecule has 0 spiro atoms. The second kappa shape index (κ2) is 5.37. The molecule has 1 saturated heterocycles. The van der Waals surface area contributed by atoms with E-state index in [2.05, 4.69) is 18.8 Å². The molecule has 1 aromatic heterocycles. The Balaban J connectivity index is 2.17. The summed E-state index contributed by atoms with van der Waals surface area (Å²) in [6.45, 7) is 6.02. The summed E-state index contributed by atoms with van der Waals surface area (Å²) in [4.78, 5) is 18.3. The fraction of sp³-hybridized carbons (Fsp3) is 0.571. The Morgan fingerprint density at radius 1 is 1.42 bits per heavy atom. The van der Waals surface area contributed by atoms with Crippen LogP contribution in [-0.2, 0) is 0 Å². The van der Waals surface area contributed by atoms with Crippen LogP contribution in [0.3, 0.4) is 0 Å². The first-order valence-electron chi connectivity index (χ1n) is 6.59. The molecule has 4 nitrogen and oxygen atoms in total. The molecule has 0 atom stereocenters. The zero-order chi connectivity index (χ0) is 14.0. The molecule has 19 heavy (non-hydrogen) atoms. The van der Waals surface area contributed by atoms with Crippen molar-refractivity contribution in [3.05, 3.63) is 23.0 Å². The Labute approximate surface area is 118 Å². The number of carbonyl (C=O) groups excluding carboxylic acids is 1. The maximum atomic E-state index is 12.5. The Morgan fingerprint density at radius 2 is 2.16 bits per heavy atom. The van der Waals surface area contributed by atoms with Crippen LogP contribution < -0.4 is 5.73 Å². The van der Waals surface area contributed by atoms with Crippen molar-refractivity contribution in [3.8, 4) is 0 Å². The Kier molecular flexibility index (Phi) is 3.99. The molecule has 1 aromatic rings. The molecule has 5 heteroatoms.